The van der Waals surface area contributed by atoms with Crippen LogP contribution >= 0.6 is 0 Å². The summed E-state index contributed by atoms with van der Waals surface area (Å²) in [6.45, 7) is 8.55. The molecule has 5 nitrogen and oxygen atoms in total. The fourth-order valence-electron chi connectivity index (χ4n) is 2.98. The predicted octanol–water partition coefficient (Wildman–Crippen LogP) is 2.24. The summed E-state index contributed by atoms with van der Waals surface area (Å²) in [5, 5.41) is 3.73. The lowest BCUT2D eigenvalue weighted by Crippen LogP contribution is -2.47. The summed E-state index contributed by atoms with van der Waals surface area (Å²) in [5.74, 6) is 0.851. The van der Waals surface area contributed by atoms with Gasteiger partial charge in [0.15, 0.2) is 0 Å². The molecular weight excluding hydrogens is 264 g/mol. The van der Waals surface area contributed by atoms with Crippen LogP contribution in [0.15, 0.2) is 18.5 Å². The summed E-state index contributed by atoms with van der Waals surface area (Å²) < 4.78 is 5.51. The van der Waals surface area contributed by atoms with Gasteiger partial charge in [-0.3, -0.25) is 0 Å². The number of nitrogens with zero attached hydrogens (tertiary/aromatic N) is 3. The highest BCUT2D eigenvalue weighted by Crippen LogP contribution is 2.19. The lowest BCUT2D eigenvalue weighted by atomic mass is 9.97. The van der Waals surface area contributed by atoms with Gasteiger partial charge < -0.3 is 15.0 Å². The molecule has 0 aromatic carbocycles. The first kappa shape index (κ1) is 16.2. The van der Waals surface area contributed by atoms with Crippen LogP contribution in [0.3, 0.4) is 0 Å². The molecule has 0 amide bonds. The van der Waals surface area contributed by atoms with Crippen LogP contribution in [0.25, 0.3) is 0 Å². The Balaban J connectivity index is 1.77. The van der Waals surface area contributed by atoms with Gasteiger partial charge in [0.1, 0.15) is 0 Å². The van der Waals surface area contributed by atoms with E-state index in [1.165, 1.54) is 0 Å². The van der Waals surface area contributed by atoms with Crippen molar-refractivity contribution in [1.29, 1.82) is 0 Å². The van der Waals surface area contributed by atoms with E-state index in [0.29, 0.717) is 12.1 Å². The molecule has 1 aliphatic heterocycles. The van der Waals surface area contributed by atoms with E-state index in [2.05, 4.69) is 41.0 Å². The molecule has 118 valence electrons. The van der Waals surface area contributed by atoms with Crippen LogP contribution in [0.4, 0.5) is 5.95 Å². The molecule has 2 heterocycles. The quantitative estimate of drug-likeness (QED) is 0.871. The summed E-state index contributed by atoms with van der Waals surface area (Å²) in [4.78, 5) is 10.9. The molecule has 1 N–H and O–H groups in total. The van der Waals surface area contributed by atoms with Gasteiger partial charge in [0.05, 0.1) is 5.60 Å². The van der Waals surface area contributed by atoms with Crippen molar-refractivity contribution in [3.63, 3.8) is 0 Å². The number of ether oxygens (including phenoxy) is 1. The molecule has 1 atom stereocenters. The highest BCUT2D eigenvalue weighted by atomic mass is 16.5. The van der Waals surface area contributed by atoms with Crippen LogP contribution < -0.4 is 10.2 Å². The third-order valence-electron chi connectivity index (χ3n) is 4.20. The maximum absolute atomic E-state index is 5.51. The maximum atomic E-state index is 5.51. The molecule has 1 aliphatic rings. The number of hydrogen-bond donors (Lipinski definition) is 1. The van der Waals surface area contributed by atoms with Crippen molar-refractivity contribution in [3.8, 4) is 0 Å². The summed E-state index contributed by atoms with van der Waals surface area (Å²) in [5.41, 5.74) is -0.0645. The minimum absolute atomic E-state index is 0.0645. The van der Waals surface area contributed by atoms with E-state index >= 15 is 0 Å². The number of aromatic nitrogens is 2. The smallest absolute Gasteiger partial charge is 0.225 e. The first-order valence-electron chi connectivity index (χ1n) is 7.83. The van der Waals surface area contributed by atoms with Gasteiger partial charge in [0.25, 0.3) is 0 Å². The van der Waals surface area contributed by atoms with Crippen molar-refractivity contribution in [3.05, 3.63) is 18.5 Å². The number of piperidine rings is 1. The first-order valence-corrected chi connectivity index (χ1v) is 7.83. The van der Waals surface area contributed by atoms with E-state index in [0.717, 1.165) is 38.3 Å². The van der Waals surface area contributed by atoms with Crippen LogP contribution in [0.1, 0.15) is 40.0 Å². The zero-order chi connectivity index (χ0) is 15.3. The molecule has 0 radical (unpaired) electrons. The van der Waals surface area contributed by atoms with Gasteiger partial charge in [-0.2, -0.15) is 0 Å². The Morgan fingerprint density at radius 2 is 1.95 bits per heavy atom. The largest absolute Gasteiger partial charge is 0.379 e. The Morgan fingerprint density at radius 3 is 2.52 bits per heavy atom. The highest BCUT2D eigenvalue weighted by molar-refractivity contribution is 5.29. The number of anilines is 1. The van der Waals surface area contributed by atoms with Gasteiger partial charge in [-0.1, -0.05) is 0 Å². The lowest BCUT2D eigenvalue weighted by Gasteiger charge is -2.35. The van der Waals surface area contributed by atoms with E-state index in [9.17, 15) is 0 Å². The number of hydrogen-bond acceptors (Lipinski definition) is 5. The van der Waals surface area contributed by atoms with Crippen molar-refractivity contribution >= 4 is 5.95 Å². The molecule has 0 aliphatic carbocycles. The van der Waals surface area contributed by atoms with Crippen molar-refractivity contribution < 1.29 is 4.74 Å². The molecule has 1 unspecified atom stereocenters. The van der Waals surface area contributed by atoms with E-state index in [1.54, 1.807) is 7.11 Å². The second-order valence-corrected chi connectivity index (χ2v) is 6.55. The van der Waals surface area contributed by atoms with Crippen LogP contribution in [0.5, 0.6) is 0 Å². The monoisotopic (exact) mass is 292 g/mol. The average Bonchev–Trinajstić information content (AvgIpc) is 2.48. The van der Waals surface area contributed by atoms with Gasteiger partial charge in [0.2, 0.25) is 5.95 Å². The molecule has 0 bridgehead atoms. The second kappa shape index (κ2) is 7.18. The van der Waals surface area contributed by atoms with Gasteiger partial charge in [0, 0.05) is 44.7 Å². The average molecular weight is 292 g/mol. The maximum Gasteiger partial charge on any atom is 0.225 e. The summed E-state index contributed by atoms with van der Waals surface area (Å²) in [6.07, 6.45) is 6.90. The van der Waals surface area contributed by atoms with Crippen molar-refractivity contribution in [2.75, 3.05) is 25.1 Å². The van der Waals surface area contributed by atoms with Crippen molar-refractivity contribution in [2.24, 2.45) is 0 Å². The molecule has 0 saturated carbocycles. The fraction of sp³-hybridized carbons (Fsp3) is 0.750. The van der Waals surface area contributed by atoms with Crippen LogP contribution in [0.2, 0.25) is 0 Å². The zero-order valence-electron chi connectivity index (χ0n) is 13.7. The molecule has 5 heteroatoms. The molecule has 1 aromatic heterocycles. The number of nitrogens with one attached hydrogen (secondary N) is 1. The Hall–Kier alpha value is -1.20. The number of methoxy groups -OCH3 is 1. The predicted molar refractivity (Wildman–Crippen MR) is 85.6 cm³/mol. The normalized spacial score (nSPS) is 18.8. The summed E-state index contributed by atoms with van der Waals surface area (Å²) >= 11 is 0. The highest BCUT2D eigenvalue weighted by Gasteiger charge is 2.25. The molecule has 2 rings (SSSR count). The van der Waals surface area contributed by atoms with Gasteiger partial charge in [-0.15, -0.1) is 0 Å². The summed E-state index contributed by atoms with van der Waals surface area (Å²) in [6, 6.07) is 2.90. The third kappa shape index (κ3) is 4.93. The fourth-order valence-corrected chi connectivity index (χ4v) is 2.98. The van der Waals surface area contributed by atoms with Crippen LogP contribution in [0, 0.1) is 0 Å². The summed E-state index contributed by atoms with van der Waals surface area (Å²) in [7, 11) is 1.78. The Bertz CT molecular complexity index is 416. The van der Waals surface area contributed by atoms with Gasteiger partial charge in [-0.25, -0.2) is 9.97 Å². The Kier molecular flexibility index (Phi) is 5.53. The van der Waals surface area contributed by atoms with E-state index < -0.39 is 0 Å². The minimum atomic E-state index is -0.0645. The topological polar surface area (TPSA) is 50.3 Å². The number of rotatable bonds is 6. The van der Waals surface area contributed by atoms with Gasteiger partial charge >= 0.3 is 0 Å². The first-order chi connectivity index (χ1) is 10.00. The standard InChI is InChI=1S/C16H28N4O/c1-13(12-16(2,3)21-4)19-14-6-10-20(11-7-14)15-17-8-5-9-18-15/h5,8-9,13-14,19H,6-7,10-12H2,1-4H3. The molecule has 21 heavy (non-hydrogen) atoms. The van der Waals surface area contributed by atoms with E-state index in [-0.39, 0.29) is 5.60 Å². The SMILES string of the molecule is COC(C)(C)CC(C)NC1CCN(c2ncccn2)CC1. The molecule has 1 saturated heterocycles. The van der Waals surface area contributed by atoms with E-state index in [4.69, 9.17) is 4.74 Å². The third-order valence-corrected chi connectivity index (χ3v) is 4.20. The van der Waals surface area contributed by atoms with Crippen molar-refractivity contribution in [2.45, 2.75) is 57.7 Å². The second-order valence-electron chi connectivity index (χ2n) is 6.55. The molecule has 1 aromatic rings. The molecule has 0 spiro atoms. The van der Waals surface area contributed by atoms with Crippen molar-refractivity contribution in [1.82, 2.24) is 15.3 Å². The zero-order valence-corrected chi connectivity index (χ0v) is 13.7. The Morgan fingerprint density at radius 1 is 1.33 bits per heavy atom. The van der Waals surface area contributed by atoms with Crippen LogP contribution in [-0.4, -0.2) is 47.9 Å². The molecule has 1 fully saturated rings. The lowest BCUT2D eigenvalue weighted by molar-refractivity contribution is 0.00744. The minimum Gasteiger partial charge on any atom is -0.379 e. The van der Waals surface area contributed by atoms with E-state index in [1.807, 2.05) is 18.5 Å². The Labute approximate surface area is 128 Å². The van der Waals surface area contributed by atoms with Gasteiger partial charge in [-0.05, 0) is 46.1 Å². The van der Waals surface area contributed by atoms with Crippen LogP contribution in [-0.2, 0) is 4.74 Å². The molecular formula is C16H28N4O.